The molecule has 1 fully saturated rings. The van der Waals surface area contributed by atoms with E-state index in [1.54, 1.807) is 19.2 Å². The number of aryl methyl sites for hydroxylation is 2. The largest absolute Gasteiger partial charge is 0.496 e. The van der Waals surface area contributed by atoms with E-state index in [1.165, 1.54) is 6.08 Å². The number of hydrogen-bond donors (Lipinski definition) is 1. The Kier molecular flexibility index (Phi) is 7.42. The molecule has 0 spiro atoms. The van der Waals surface area contributed by atoms with Gasteiger partial charge < -0.3 is 4.74 Å². The number of barbiturate groups is 1. The highest BCUT2D eigenvalue weighted by Crippen LogP contribution is 2.32. The summed E-state index contributed by atoms with van der Waals surface area (Å²) in [6.07, 6.45) is 2.14. The number of anilines is 1. The zero-order valence-corrected chi connectivity index (χ0v) is 23.1. The van der Waals surface area contributed by atoms with E-state index in [1.807, 2.05) is 56.3 Å². The molecule has 1 aliphatic heterocycles. The van der Waals surface area contributed by atoms with E-state index < -0.39 is 17.8 Å². The van der Waals surface area contributed by atoms with Crippen molar-refractivity contribution in [2.24, 2.45) is 0 Å². The van der Waals surface area contributed by atoms with Gasteiger partial charge in [0.1, 0.15) is 11.3 Å². The summed E-state index contributed by atoms with van der Waals surface area (Å²) in [6, 6.07) is 16.4. The van der Waals surface area contributed by atoms with Gasteiger partial charge in [-0.05, 0) is 89.0 Å². The lowest BCUT2D eigenvalue weighted by atomic mass is 10.0. The Morgan fingerprint density at radius 2 is 1.80 bits per heavy atom. The monoisotopic (exact) mass is 644 g/mol. The molecule has 1 aliphatic rings. The van der Waals surface area contributed by atoms with Crippen LogP contribution in [0.3, 0.4) is 0 Å². The highest BCUT2D eigenvalue weighted by Gasteiger charge is 2.37. The number of nitrogens with one attached hydrogen (secondary N) is 1. The predicted octanol–water partition coefficient (Wildman–Crippen LogP) is 5.94. The summed E-state index contributed by atoms with van der Waals surface area (Å²) in [5.41, 5.74) is 4.70. The summed E-state index contributed by atoms with van der Waals surface area (Å²) in [5.74, 6) is -0.753. The fraction of sp³-hybridized carbons (Fsp3) is 0.148. The molecule has 0 aliphatic carbocycles. The first-order valence-corrected chi connectivity index (χ1v) is 12.6. The normalized spacial score (nSPS) is 14.9. The van der Waals surface area contributed by atoms with Crippen molar-refractivity contribution in [3.8, 4) is 5.75 Å². The van der Waals surface area contributed by atoms with Gasteiger partial charge in [0.25, 0.3) is 11.8 Å². The van der Waals surface area contributed by atoms with Gasteiger partial charge in [-0.3, -0.25) is 14.9 Å². The number of carbonyl (C=O) groups is 3. The Hall–Kier alpha value is -2.98. The molecule has 4 amide bonds. The number of benzene rings is 3. The molecule has 0 bridgehead atoms. The van der Waals surface area contributed by atoms with Crippen LogP contribution in [0.4, 0.5) is 10.5 Å². The third-order valence-electron chi connectivity index (χ3n) is 5.74. The summed E-state index contributed by atoms with van der Waals surface area (Å²) in [6.45, 7) is 3.69. The number of carbonyl (C=O) groups excluding carboxylic acids is 3. The SMILES string of the molecule is COc1cc(/C=C2\C(=O)NC(=O)N(c3cc(C)ccc3C)C2=O)cc(I)c1Cc1ccccc1Br. The number of hydrogen-bond acceptors (Lipinski definition) is 4. The molecule has 3 aromatic carbocycles. The number of rotatable bonds is 5. The van der Waals surface area contributed by atoms with Crippen LogP contribution in [0.25, 0.3) is 6.08 Å². The topological polar surface area (TPSA) is 75.7 Å². The average Bonchev–Trinajstić information content (AvgIpc) is 2.81. The molecule has 35 heavy (non-hydrogen) atoms. The third-order valence-corrected chi connectivity index (χ3v) is 7.48. The number of ether oxygens (including phenoxy) is 1. The number of amides is 4. The minimum Gasteiger partial charge on any atom is -0.496 e. The molecule has 0 saturated carbocycles. The van der Waals surface area contributed by atoms with E-state index >= 15 is 0 Å². The second-order valence-corrected chi connectivity index (χ2v) is 10.2. The van der Waals surface area contributed by atoms with Gasteiger partial charge in [0.05, 0.1) is 12.8 Å². The summed E-state index contributed by atoms with van der Waals surface area (Å²) < 4.78 is 7.59. The maximum absolute atomic E-state index is 13.3. The zero-order valence-electron chi connectivity index (χ0n) is 19.3. The first-order chi connectivity index (χ1) is 16.7. The highest BCUT2D eigenvalue weighted by atomic mass is 127. The number of methoxy groups -OCH3 is 1. The number of halogens is 2. The number of urea groups is 1. The van der Waals surface area contributed by atoms with Gasteiger partial charge in [-0.25, -0.2) is 9.69 Å². The standard InChI is InChI=1S/C27H22BrIN2O4/c1-15-8-9-16(2)23(10-15)31-26(33)20(25(32)30-27(31)34)11-17-12-22(29)19(24(13-17)35-3)14-18-6-4-5-7-21(18)28/h4-13H,14H2,1-3H3,(H,30,32,34)/b20-11+. The first kappa shape index (κ1) is 25.1. The minimum atomic E-state index is -0.762. The van der Waals surface area contributed by atoms with Crippen LogP contribution < -0.4 is 15.0 Å². The number of nitrogens with zero attached hydrogens (tertiary/aromatic N) is 1. The van der Waals surface area contributed by atoms with Crippen LogP contribution in [-0.2, 0) is 16.0 Å². The van der Waals surface area contributed by atoms with E-state index in [0.29, 0.717) is 23.4 Å². The second kappa shape index (κ2) is 10.3. The fourth-order valence-electron chi connectivity index (χ4n) is 3.90. The quantitative estimate of drug-likeness (QED) is 0.212. The maximum Gasteiger partial charge on any atom is 0.335 e. The molecule has 0 aromatic heterocycles. The fourth-order valence-corrected chi connectivity index (χ4v) is 5.14. The van der Waals surface area contributed by atoms with Gasteiger partial charge in [-0.1, -0.05) is 46.3 Å². The molecule has 0 radical (unpaired) electrons. The van der Waals surface area contributed by atoms with E-state index in [4.69, 9.17) is 4.74 Å². The van der Waals surface area contributed by atoms with Crippen molar-refractivity contribution >= 4 is 68.1 Å². The third kappa shape index (κ3) is 5.18. The van der Waals surface area contributed by atoms with Crippen molar-refractivity contribution < 1.29 is 19.1 Å². The second-order valence-electron chi connectivity index (χ2n) is 8.20. The van der Waals surface area contributed by atoms with E-state index in [0.717, 1.165) is 35.2 Å². The van der Waals surface area contributed by atoms with Crippen molar-refractivity contribution in [1.82, 2.24) is 5.32 Å². The summed E-state index contributed by atoms with van der Waals surface area (Å²) >= 11 is 5.82. The molecule has 6 nitrogen and oxygen atoms in total. The van der Waals surface area contributed by atoms with Crippen LogP contribution >= 0.6 is 38.5 Å². The van der Waals surface area contributed by atoms with Crippen LogP contribution in [-0.4, -0.2) is 25.0 Å². The first-order valence-electron chi connectivity index (χ1n) is 10.8. The van der Waals surface area contributed by atoms with Crippen molar-refractivity contribution in [3.05, 3.63) is 96.0 Å². The van der Waals surface area contributed by atoms with Crippen LogP contribution in [0.2, 0.25) is 0 Å². The Labute approximate surface area is 225 Å². The van der Waals surface area contributed by atoms with Gasteiger partial charge in [0.15, 0.2) is 0 Å². The molecule has 4 rings (SSSR count). The molecule has 1 saturated heterocycles. The van der Waals surface area contributed by atoms with Crippen LogP contribution in [0.1, 0.15) is 27.8 Å². The molecule has 3 aromatic rings. The van der Waals surface area contributed by atoms with Gasteiger partial charge in [0, 0.05) is 20.0 Å². The highest BCUT2D eigenvalue weighted by molar-refractivity contribution is 14.1. The molecule has 1 N–H and O–H groups in total. The molecule has 0 atom stereocenters. The van der Waals surface area contributed by atoms with E-state index in [-0.39, 0.29) is 5.57 Å². The average molecular weight is 645 g/mol. The Morgan fingerprint density at radius 1 is 1.06 bits per heavy atom. The van der Waals surface area contributed by atoms with Gasteiger partial charge in [-0.15, -0.1) is 0 Å². The van der Waals surface area contributed by atoms with E-state index in [9.17, 15) is 14.4 Å². The van der Waals surface area contributed by atoms with E-state index in [2.05, 4.69) is 43.8 Å². The summed E-state index contributed by atoms with van der Waals surface area (Å²) in [4.78, 5) is 39.6. The Bertz CT molecular complexity index is 1400. The lowest BCUT2D eigenvalue weighted by Gasteiger charge is -2.28. The zero-order chi connectivity index (χ0) is 25.3. The number of imide groups is 2. The van der Waals surface area contributed by atoms with Gasteiger partial charge in [-0.2, -0.15) is 0 Å². The Balaban J connectivity index is 1.73. The lowest BCUT2D eigenvalue weighted by Crippen LogP contribution is -2.54. The molecule has 1 heterocycles. The minimum absolute atomic E-state index is 0.123. The van der Waals surface area contributed by atoms with Gasteiger partial charge >= 0.3 is 6.03 Å². The maximum atomic E-state index is 13.3. The van der Waals surface area contributed by atoms with Crippen LogP contribution in [0, 0.1) is 17.4 Å². The molecule has 178 valence electrons. The van der Waals surface area contributed by atoms with Crippen molar-refractivity contribution in [1.29, 1.82) is 0 Å². The van der Waals surface area contributed by atoms with Gasteiger partial charge in [0.2, 0.25) is 0 Å². The van der Waals surface area contributed by atoms with Crippen molar-refractivity contribution in [2.45, 2.75) is 20.3 Å². The smallest absolute Gasteiger partial charge is 0.335 e. The van der Waals surface area contributed by atoms with Crippen LogP contribution in [0.5, 0.6) is 5.75 Å². The predicted molar refractivity (Wildman–Crippen MR) is 148 cm³/mol. The molecule has 8 heteroatoms. The molecule has 0 unspecified atom stereocenters. The van der Waals surface area contributed by atoms with Crippen molar-refractivity contribution in [3.63, 3.8) is 0 Å². The molecular weight excluding hydrogens is 623 g/mol. The van der Waals surface area contributed by atoms with Crippen LogP contribution in [0.15, 0.2) is 64.6 Å². The summed E-state index contributed by atoms with van der Waals surface area (Å²) in [7, 11) is 1.59. The molecular formula is C27H22BrIN2O4. The van der Waals surface area contributed by atoms with Crippen molar-refractivity contribution in [2.75, 3.05) is 12.0 Å². The lowest BCUT2D eigenvalue weighted by molar-refractivity contribution is -0.122. The summed E-state index contributed by atoms with van der Waals surface area (Å²) in [5, 5.41) is 2.29. The Morgan fingerprint density at radius 3 is 2.51 bits per heavy atom.